The van der Waals surface area contributed by atoms with E-state index in [2.05, 4.69) is 5.32 Å². The summed E-state index contributed by atoms with van der Waals surface area (Å²) in [5.74, 6) is -1.43. The van der Waals surface area contributed by atoms with Gasteiger partial charge >= 0.3 is 12.0 Å². The topological polar surface area (TPSA) is 105 Å². The summed E-state index contributed by atoms with van der Waals surface area (Å²) >= 11 is 0. The molecule has 106 valence electrons. The molecule has 0 saturated carbocycles. The number of carbonyl (C=O) groups excluding carboxylic acids is 2. The summed E-state index contributed by atoms with van der Waals surface area (Å²) in [6.07, 6.45) is 1.39. The minimum Gasteiger partial charge on any atom is -0.494 e. The van der Waals surface area contributed by atoms with Crippen molar-refractivity contribution in [2.75, 3.05) is 11.9 Å². The molecule has 0 aromatic heterocycles. The van der Waals surface area contributed by atoms with Gasteiger partial charge in [0.15, 0.2) is 0 Å². The van der Waals surface area contributed by atoms with E-state index >= 15 is 0 Å². The van der Waals surface area contributed by atoms with E-state index in [9.17, 15) is 14.4 Å². The highest BCUT2D eigenvalue weighted by Crippen LogP contribution is 2.15. The first kappa shape index (κ1) is 15.2. The first-order valence-corrected chi connectivity index (χ1v) is 5.77. The Labute approximate surface area is 115 Å². The molecule has 0 saturated heterocycles. The number of carboxylic acids is 1. The fourth-order valence-corrected chi connectivity index (χ4v) is 1.26. The van der Waals surface area contributed by atoms with E-state index in [1.54, 1.807) is 24.3 Å². The molecule has 1 aromatic rings. The Hall–Kier alpha value is -2.83. The Morgan fingerprint density at radius 2 is 1.85 bits per heavy atom. The zero-order chi connectivity index (χ0) is 15.0. The Morgan fingerprint density at radius 3 is 2.40 bits per heavy atom. The van der Waals surface area contributed by atoms with Gasteiger partial charge in [-0.2, -0.15) is 0 Å². The minimum atomic E-state index is -1.27. The Balaban J connectivity index is 2.49. The van der Waals surface area contributed by atoms with Crippen LogP contribution in [-0.2, 0) is 9.59 Å². The van der Waals surface area contributed by atoms with E-state index < -0.39 is 17.9 Å². The molecule has 0 bridgehead atoms. The van der Waals surface area contributed by atoms with Crippen LogP contribution in [0, 0.1) is 0 Å². The van der Waals surface area contributed by atoms with Crippen LogP contribution in [0.1, 0.15) is 6.92 Å². The van der Waals surface area contributed by atoms with Gasteiger partial charge in [0.2, 0.25) is 0 Å². The summed E-state index contributed by atoms with van der Waals surface area (Å²) < 4.78 is 5.24. The molecule has 0 radical (unpaired) electrons. The summed E-state index contributed by atoms with van der Waals surface area (Å²) in [7, 11) is 0. The van der Waals surface area contributed by atoms with Crippen molar-refractivity contribution >= 4 is 23.6 Å². The maximum absolute atomic E-state index is 11.4. The fraction of sp³-hybridized carbons (Fsp3) is 0.154. The summed E-state index contributed by atoms with van der Waals surface area (Å²) in [6, 6.07) is 5.81. The molecule has 3 N–H and O–H groups in total. The van der Waals surface area contributed by atoms with Crippen molar-refractivity contribution in [2.45, 2.75) is 6.92 Å². The molecule has 0 atom stereocenters. The second-order valence-electron chi connectivity index (χ2n) is 3.57. The molecule has 20 heavy (non-hydrogen) atoms. The molecular formula is C13H14N2O5. The van der Waals surface area contributed by atoms with E-state index in [-0.39, 0.29) is 0 Å². The predicted octanol–water partition coefficient (Wildman–Crippen LogP) is 1.37. The molecule has 0 unspecified atom stereocenters. The van der Waals surface area contributed by atoms with Gasteiger partial charge in [-0.1, -0.05) is 0 Å². The number of hydrogen-bond acceptors (Lipinski definition) is 4. The summed E-state index contributed by atoms with van der Waals surface area (Å²) in [6.45, 7) is 2.40. The average Bonchev–Trinajstić information content (AvgIpc) is 2.39. The molecule has 1 aromatic carbocycles. The lowest BCUT2D eigenvalue weighted by molar-refractivity contribution is -0.131. The number of imide groups is 1. The van der Waals surface area contributed by atoms with Gasteiger partial charge < -0.3 is 15.2 Å². The number of nitrogens with one attached hydrogen (secondary N) is 2. The number of anilines is 1. The van der Waals surface area contributed by atoms with Gasteiger partial charge in [-0.05, 0) is 31.2 Å². The summed E-state index contributed by atoms with van der Waals surface area (Å²) in [4.78, 5) is 32.8. The third kappa shape index (κ3) is 5.67. The first-order chi connectivity index (χ1) is 9.51. The van der Waals surface area contributed by atoms with Crippen molar-refractivity contribution in [1.82, 2.24) is 5.32 Å². The predicted molar refractivity (Wildman–Crippen MR) is 71.5 cm³/mol. The zero-order valence-electron chi connectivity index (χ0n) is 10.8. The largest absolute Gasteiger partial charge is 0.494 e. The van der Waals surface area contributed by atoms with Crippen LogP contribution in [0.15, 0.2) is 36.4 Å². The highest BCUT2D eigenvalue weighted by atomic mass is 16.5. The van der Waals surface area contributed by atoms with E-state index in [1.807, 2.05) is 12.2 Å². The molecule has 0 spiro atoms. The molecule has 0 aliphatic rings. The number of aliphatic carboxylic acids is 1. The number of urea groups is 1. The number of amides is 3. The van der Waals surface area contributed by atoms with E-state index in [0.29, 0.717) is 24.1 Å². The monoisotopic (exact) mass is 278 g/mol. The highest BCUT2D eigenvalue weighted by molar-refractivity contribution is 6.06. The van der Waals surface area contributed by atoms with Crippen LogP contribution in [0.3, 0.4) is 0 Å². The molecule has 1 rings (SSSR count). The molecule has 0 heterocycles. The number of benzene rings is 1. The Morgan fingerprint density at radius 1 is 1.20 bits per heavy atom. The van der Waals surface area contributed by atoms with Gasteiger partial charge in [0.1, 0.15) is 5.75 Å². The Bertz CT molecular complexity index is 522. The van der Waals surface area contributed by atoms with Gasteiger partial charge in [-0.3, -0.25) is 10.1 Å². The van der Waals surface area contributed by atoms with Crippen molar-refractivity contribution in [3.8, 4) is 5.75 Å². The molecule has 7 nitrogen and oxygen atoms in total. The van der Waals surface area contributed by atoms with Crippen molar-refractivity contribution in [1.29, 1.82) is 0 Å². The molecule has 0 aliphatic heterocycles. The lowest BCUT2D eigenvalue weighted by atomic mass is 10.3. The second kappa shape index (κ2) is 7.57. The highest BCUT2D eigenvalue weighted by Gasteiger charge is 2.05. The number of carbonyl (C=O) groups is 3. The van der Waals surface area contributed by atoms with Crippen LogP contribution >= 0.6 is 0 Å². The SMILES string of the molecule is CCOc1ccc(NC(=O)NC(=O)/C=C/C(=O)O)cc1. The van der Waals surface area contributed by atoms with Gasteiger partial charge in [0.25, 0.3) is 5.91 Å². The third-order valence-corrected chi connectivity index (χ3v) is 2.04. The third-order valence-electron chi connectivity index (χ3n) is 2.04. The van der Waals surface area contributed by atoms with Gasteiger partial charge in [0.05, 0.1) is 6.61 Å². The van der Waals surface area contributed by atoms with Crippen molar-refractivity contribution in [2.24, 2.45) is 0 Å². The van der Waals surface area contributed by atoms with E-state index in [4.69, 9.17) is 9.84 Å². The van der Waals surface area contributed by atoms with Gasteiger partial charge in [0, 0.05) is 17.8 Å². The van der Waals surface area contributed by atoms with E-state index in [0.717, 1.165) is 6.08 Å². The number of carboxylic acid groups (broad SMARTS) is 1. The molecule has 7 heteroatoms. The number of rotatable bonds is 5. The smallest absolute Gasteiger partial charge is 0.328 e. The molecule has 0 fully saturated rings. The summed E-state index contributed by atoms with van der Waals surface area (Å²) in [5, 5.41) is 12.7. The van der Waals surface area contributed by atoms with Crippen molar-refractivity contribution in [3.63, 3.8) is 0 Å². The van der Waals surface area contributed by atoms with Crippen LogP contribution < -0.4 is 15.4 Å². The summed E-state index contributed by atoms with van der Waals surface area (Å²) in [5.41, 5.74) is 0.473. The minimum absolute atomic E-state index is 0.473. The lowest BCUT2D eigenvalue weighted by Crippen LogP contribution is -2.33. The lowest BCUT2D eigenvalue weighted by Gasteiger charge is -2.06. The van der Waals surface area contributed by atoms with Crippen LogP contribution in [0.25, 0.3) is 0 Å². The second-order valence-corrected chi connectivity index (χ2v) is 3.57. The number of ether oxygens (including phenoxy) is 1. The normalized spacial score (nSPS) is 10.1. The Kier molecular flexibility index (Phi) is 5.76. The van der Waals surface area contributed by atoms with Gasteiger partial charge in [-0.15, -0.1) is 0 Å². The molecule has 3 amide bonds. The van der Waals surface area contributed by atoms with Crippen LogP contribution in [0.4, 0.5) is 10.5 Å². The van der Waals surface area contributed by atoms with E-state index in [1.165, 1.54) is 0 Å². The fourth-order valence-electron chi connectivity index (χ4n) is 1.26. The van der Waals surface area contributed by atoms with Gasteiger partial charge in [-0.25, -0.2) is 9.59 Å². The zero-order valence-corrected chi connectivity index (χ0v) is 10.8. The number of hydrogen-bond donors (Lipinski definition) is 3. The van der Waals surface area contributed by atoms with Crippen LogP contribution in [0.5, 0.6) is 5.75 Å². The molecular weight excluding hydrogens is 264 g/mol. The van der Waals surface area contributed by atoms with Crippen molar-refractivity contribution < 1.29 is 24.2 Å². The quantitative estimate of drug-likeness (QED) is 0.706. The van der Waals surface area contributed by atoms with Crippen LogP contribution in [0.2, 0.25) is 0 Å². The molecule has 0 aliphatic carbocycles. The standard InChI is InChI=1S/C13H14N2O5/c1-2-20-10-5-3-9(4-6-10)14-13(19)15-11(16)7-8-12(17)18/h3-8H,2H2,1H3,(H,17,18)(H2,14,15,16,19)/b8-7+. The van der Waals surface area contributed by atoms with Crippen LogP contribution in [-0.4, -0.2) is 29.6 Å². The first-order valence-electron chi connectivity index (χ1n) is 5.77. The maximum atomic E-state index is 11.4. The maximum Gasteiger partial charge on any atom is 0.328 e. The van der Waals surface area contributed by atoms with Crippen molar-refractivity contribution in [3.05, 3.63) is 36.4 Å². The average molecular weight is 278 g/mol.